The molecule has 0 spiro atoms. The van der Waals surface area contributed by atoms with E-state index < -0.39 is 0 Å². The van der Waals surface area contributed by atoms with Crippen LogP contribution in [0.15, 0.2) is 54.9 Å². The third-order valence-corrected chi connectivity index (χ3v) is 5.26. The van der Waals surface area contributed by atoms with Gasteiger partial charge in [-0.15, -0.1) is 12.4 Å². The maximum Gasteiger partial charge on any atom is 0.160 e. The van der Waals surface area contributed by atoms with E-state index in [9.17, 15) is 0 Å². The Balaban J connectivity index is 0.00000225. The highest BCUT2D eigenvalue weighted by Crippen LogP contribution is 2.27. The standard InChI is InChI=1S/C23H24N4.ClH/c1-15-8-7-9-16(2)20(15)13-25-22-12-19(21-10-5-6-11-24-21)14-27-18(4)17(3)26-23(22)27;/h5-12,14,25H,13H2,1-4H3;1H. The van der Waals surface area contributed by atoms with Gasteiger partial charge in [0.2, 0.25) is 0 Å². The lowest BCUT2D eigenvalue weighted by Crippen LogP contribution is -2.05. The summed E-state index contributed by atoms with van der Waals surface area (Å²) >= 11 is 0. The average Bonchev–Trinajstić information content (AvgIpc) is 2.96. The highest BCUT2D eigenvalue weighted by Gasteiger charge is 2.13. The Labute approximate surface area is 172 Å². The fourth-order valence-corrected chi connectivity index (χ4v) is 3.49. The van der Waals surface area contributed by atoms with Gasteiger partial charge in [-0.2, -0.15) is 0 Å². The fraction of sp³-hybridized carbons (Fsp3) is 0.217. The van der Waals surface area contributed by atoms with Gasteiger partial charge in [0.1, 0.15) is 0 Å². The lowest BCUT2D eigenvalue weighted by Gasteiger charge is -2.14. The van der Waals surface area contributed by atoms with E-state index in [2.05, 4.69) is 72.9 Å². The molecule has 28 heavy (non-hydrogen) atoms. The number of benzene rings is 1. The molecule has 1 N–H and O–H groups in total. The Morgan fingerprint density at radius 2 is 1.71 bits per heavy atom. The topological polar surface area (TPSA) is 42.2 Å². The van der Waals surface area contributed by atoms with Crippen LogP contribution < -0.4 is 5.32 Å². The number of hydrogen-bond donors (Lipinski definition) is 1. The average molecular weight is 393 g/mol. The first kappa shape index (κ1) is 19.9. The van der Waals surface area contributed by atoms with Gasteiger partial charge < -0.3 is 9.72 Å². The van der Waals surface area contributed by atoms with Crippen LogP contribution in [0.1, 0.15) is 28.1 Å². The summed E-state index contributed by atoms with van der Waals surface area (Å²) in [4.78, 5) is 9.30. The molecule has 0 saturated carbocycles. The molecule has 0 fully saturated rings. The number of rotatable bonds is 4. The lowest BCUT2D eigenvalue weighted by atomic mass is 10.0. The minimum absolute atomic E-state index is 0. The van der Waals surface area contributed by atoms with Crippen LogP contribution in [0.4, 0.5) is 5.69 Å². The minimum atomic E-state index is 0. The first-order valence-electron chi connectivity index (χ1n) is 9.24. The molecular weight excluding hydrogens is 368 g/mol. The number of nitrogens with zero attached hydrogens (tertiary/aromatic N) is 3. The second kappa shape index (κ2) is 8.03. The van der Waals surface area contributed by atoms with Crippen LogP contribution in [0.2, 0.25) is 0 Å². The molecule has 144 valence electrons. The van der Waals surface area contributed by atoms with E-state index in [0.29, 0.717) is 0 Å². The number of fused-ring (bicyclic) bond motifs is 1. The third kappa shape index (κ3) is 3.60. The Kier molecular flexibility index (Phi) is 5.71. The first-order valence-corrected chi connectivity index (χ1v) is 9.24. The summed E-state index contributed by atoms with van der Waals surface area (Å²) in [5, 5.41) is 3.63. The van der Waals surface area contributed by atoms with Crippen molar-refractivity contribution < 1.29 is 0 Å². The molecule has 4 aromatic rings. The first-order chi connectivity index (χ1) is 13.0. The normalized spacial score (nSPS) is 10.7. The molecule has 0 aliphatic rings. The van der Waals surface area contributed by atoms with Crippen molar-refractivity contribution in [2.45, 2.75) is 34.2 Å². The van der Waals surface area contributed by atoms with Gasteiger partial charge in [-0.05, 0) is 62.6 Å². The van der Waals surface area contributed by atoms with Gasteiger partial charge in [-0.1, -0.05) is 24.3 Å². The van der Waals surface area contributed by atoms with Gasteiger partial charge in [0.15, 0.2) is 5.65 Å². The van der Waals surface area contributed by atoms with Crippen molar-refractivity contribution in [2.24, 2.45) is 0 Å². The number of anilines is 1. The van der Waals surface area contributed by atoms with Gasteiger partial charge in [0.25, 0.3) is 0 Å². The molecule has 0 aliphatic heterocycles. The van der Waals surface area contributed by atoms with Gasteiger partial charge in [0.05, 0.1) is 17.1 Å². The van der Waals surface area contributed by atoms with Crippen LogP contribution in [-0.4, -0.2) is 14.4 Å². The molecule has 0 radical (unpaired) electrons. The molecule has 3 heterocycles. The zero-order valence-corrected chi connectivity index (χ0v) is 17.5. The molecule has 5 heteroatoms. The highest BCUT2D eigenvalue weighted by molar-refractivity contribution is 5.85. The van der Waals surface area contributed by atoms with Gasteiger partial charge >= 0.3 is 0 Å². The number of pyridine rings is 2. The van der Waals surface area contributed by atoms with Crippen LogP contribution >= 0.6 is 12.4 Å². The van der Waals surface area contributed by atoms with Crippen molar-refractivity contribution in [3.8, 4) is 11.3 Å². The molecule has 0 aliphatic carbocycles. The summed E-state index contributed by atoms with van der Waals surface area (Å²) in [5.74, 6) is 0. The number of hydrogen-bond acceptors (Lipinski definition) is 3. The Bertz CT molecular complexity index is 1100. The monoisotopic (exact) mass is 392 g/mol. The summed E-state index contributed by atoms with van der Waals surface area (Å²) < 4.78 is 2.16. The summed E-state index contributed by atoms with van der Waals surface area (Å²) in [5.41, 5.74) is 10.1. The Morgan fingerprint density at radius 1 is 0.964 bits per heavy atom. The van der Waals surface area contributed by atoms with Crippen molar-refractivity contribution in [3.05, 3.63) is 82.9 Å². The van der Waals surface area contributed by atoms with Crippen LogP contribution in [0, 0.1) is 27.7 Å². The summed E-state index contributed by atoms with van der Waals surface area (Å²) in [6, 6.07) is 14.6. The molecule has 0 bridgehead atoms. The number of nitrogens with one attached hydrogen (secondary N) is 1. The maximum atomic E-state index is 4.78. The van der Waals surface area contributed by atoms with Crippen molar-refractivity contribution >= 4 is 23.7 Å². The Hall–Kier alpha value is -2.85. The number of halogens is 1. The van der Waals surface area contributed by atoms with E-state index in [4.69, 9.17) is 4.98 Å². The van der Waals surface area contributed by atoms with E-state index in [1.807, 2.05) is 24.4 Å². The van der Waals surface area contributed by atoms with Crippen molar-refractivity contribution in [1.82, 2.24) is 14.4 Å². The Morgan fingerprint density at radius 3 is 2.39 bits per heavy atom. The van der Waals surface area contributed by atoms with E-state index in [1.54, 1.807) is 0 Å². The van der Waals surface area contributed by atoms with E-state index in [1.165, 1.54) is 16.7 Å². The van der Waals surface area contributed by atoms with Gasteiger partial charge in [0, 0.05) is 30.2 Å². The molecule has 0 amide bonds. The highest BCUT2D eigenvalue weighted by atomic mass is 35.5. The van der Waals surface area contributed by atoms with E-state index in [-0.39, 0.29) is 12.4 Å². The SMILES string of the molecule is Cc1cccc(C)c1CNc1cc(-c2ccccn2)cn2c(C)c(C)nc12.Cl. The maximum absolute atomic E-state index is 4.78. The molecule has 1 aromatic carbocycles. The van der Waals surface area contributed by atoms with E-state index in [0.717, 1.165) is 40.5 Å². The fourth-order valence-electron chi connectivity index (χ4n) is 3.49. The van der Waals surface area contributed by atoms with Gasteiger partial charge in [-0.3, -0.25) is 4.98 Å². The largest absolute Gasteiger partial charge is 0.378 e. The summed E-state index contributed by atoms with van der Waals surface area (Å²) in [6.45, 7) is 9.25. The molecule has 3 aromatic heterocycles. The third-order valence-electron chi connectivity index (χ3n) is 5.26. The van der Waals surface area contributed by atoms with Crippen molar-refractivity contribution in [1.29, 1.82) is 0 Å². The van der Waals surface area contributed by atoms with Crippen LogP contribution in [0.5, 0.6) is 0 Å². The molecular formula is C23H25ClN4. The van der Waals surface area contributed by atoms with Crippen LogP contribution in [0.25, 0.3) is 16.9 Å². The predicted octanol–water partition coefficient (Wildman–Crippen LogP) is 5.66. The molecule has 4 nitrogen and oxygen atoms in total. The quantitative estimate of drug-likeness (QED) is 0.487. The minimum Gasteiger partial charge on any atom is -0.378 e. The van der Waals surface area contributed by atoms with Crippen LogP contribution in [0.3, 0.4) is 0 Å². The zero-order chi connectivity index (χ0) is 19.0. The van der Waals surface area contributed by atoms with Crippen molar-refractivity contribution in [2.75, 3.05) is 5.32 Å². The summed E-state index contributed by atoms with van der Waals surface area (Å²) in [7, 11) is 0. The summed E-state index contributed by atoms with van der Waals surface area (Å²) in [6.07, 6.45) is 3.95. The van der Waals surface area contributed by atoms with E-state index >= 15 is 0 Å². The molecule has 0 unspecified atom stereocenters. The molecule has 4 rings (SSSR count). The molecule has 0 saturated heterocycles. The second-order valence-electron chi connectivity index (χ2n) is 7.06. The van der Waals surface area contributed by atoms with Crippen molar-refractivity contribution in [3.63, 3.8) is 0 Å². The second-order valence-corrected chi connectivity index (χ2v) is 7.06. The molecule has 0 atom stereocenters. The number of imidazole rings is 1. The van der Waals surface area contributed by atoms with Crippen LogP contribution in [-0.2, 0) is 6.54 Å². The zero-order valence-electron chi connectivity index (χ0n) is 16.7. The smallest absolute Gasteiger partial charge is 0.160 e. The lowest BCUT2D eigenvalue weighted by molar-refractivity contribution is 1.07. The van der Waals surface area contributed by atoms with Gasteiger partial charge in [-0.25, -0.2) is 4.98 Å². The number of aromatic nitrogens is 3. The number of aryl methyl sites for hydroxylation is 4. The predicted molar refractivity (Wildman–Crippen MR) is 118 cm³/mol.